The molecule has 0 spiro atoms. The smallest absolute Gasteiger partial charge is 0.310 e. The molecule has 0 aromatic carbocycles. The Morgan fingerprint density at radius 1 is 1.22 bits per heavy atom. The molecule has 23 heavy (non-hydrogen) atoms. The van der Waals surface area contributed by atoms with Gasteiger partial charge >= 0.3 is 11.9 Å². The van der Waals surface area contributed by atoms with Crippen molar-refractivity contribution in [2.24, 2.45) is 23.7 Å². The third kappa shape index (κ3) is 2.38. The molecule has 122 valence electrons. The first-order chi connectivity index (χ1) is 11.1. The van der Waals surface area contributed by atoms with Crippen LogP contribution in [0.3, 0.4) is 0 Å². The van der Waals surface area contributed by atoms with Gasteiger partial charge in [-0.2, -0.15) is 0 Å². The number of pyridine rings is 1. The highest BCUT2D eigenvalue weighted by atomic mass is 16.5. The molecule has 0 saturated heterocycles. The average molecular weight is 316 g/mol. The second kappa shape index (κ2) is 6.02. The second-order valence-electron chi connectivity index (χ2n) is 5.90. The van der Waals surface area contributed by atoms with Crippen molar-refractivity contribution < 1.29 is 19.1 Å². The molecule has 2 bridgehead atoms. The van der Waals surface area contributed by atoms with Crippen LogP contribution in [0.2, 0.25) is 0 Å². The first kappa shape index (κ1) is 15.5. The van der Waals surface area contributed by atoms with Crippen LogP contribution in [0, 0.1) is 23.7 Å². The molecule has 1 saturated carbocycles. The van der Waals surface area contributed by atoms with E-state index >= 15 is 0 Å². The zero-order valence-corrected chi connectivity index (χ0v) is 13.4. The fourth-order valence-corrected chi connectivity index (χ4v) is 3.99. The van der Waals surface area contributed by atoms with Crippen LogP contribution in [-0.2, 0) is 19.1 Å². The molecule has 0 amide bonds. The van der Waals surface area contributed by atoms with Crippen molar-refractivity contribution in [3.05, 3.63) is 30.1 Å². The van der Waals surface area contributed by atoms with Crippen LogP contribution in [0.1, 0.15) is 12.0 Å². The van der Waals surface area contributed by atoms with E-state index in [1.165, 1.54) is 14.2 Å². The molecular weight excluding hydrogens is 296 g/mol. The van der Waals surface area contributed by atoms with Crippen molar-refractivity contribution in [3.63, 3.8) is 0 Å². The Morgan fingerprint density at radius 3 is 2.57 bits per heavy atom. The summed E-state index contributed by atoms with van der Waals surface area (Å²) >= 11 is 0. The zero-order valence-electron chi connectivity index (χ0n) is 13.4. The number of methoxy groups -OCH3 is 2. The van der Waals surface area contributed by atoms with Gasteiger partial charge in [0.25, 0.3) is 0 Å². The largest absolute Gasteiger partial charge is 0.469 e. The van der Waals surface area contributed by atoms with Gasteiger partial charge in [0.2, 0.25) is 0 Å². The maximum atomic E-state index is 12.3. The maximum Gasteiger partial charge on any atom is 0.310 e. The van der Waals surface area contributed by atoms with Crippen molar-refractivity contribution in [1.82, 2.24) is 4.98 Å². The number of fused-ring (bicyclic) bond motifs is 2. The SMILES string of the molecule is CNc1ccncc1C1=CC2CC1[C@H](C(=O)OC)[C@@H]2C(=O)OC. The molecule has 1 aromatic rings. The minimum Gasteiger partial charge on any atom is -0.469 e. The maximum absolute atomic E-state index is 12.3. The van der Waals surface area contributed by atoms with Crippen molar-refractivity contribution in [2.45, 2.75) is 6.42 Å². The van der Waals surface area contributed by atoms with E-state index in [9.17, 15) is 9.59 Å². The van der Waals surface area contributed by atoms with Gasteiger partial charge in [0.05, 0.1) is 26.1 Å². The number of carbonyl (C=O) groups excluding carboxylic acids is 2. The lowest BCUT2D eigenvalue weighted by Crippen LogP contribution is -2.35. The van der Waals surface area contributed by atoms with E-state index in [0.29, 0.717) is 0 Å². The molecule has 3 rings (SSSR count). The summed E-state index contributed by atoms with van der Waals surface area (Å²) in [6, 6.07) is 1.90. The topological polar surface area (TPSA) is 77.5 Å². The first-order valence-electron chi connectivity index (χ1n) is 7.61. The number of hydrogen-bond acceptors (Lipinski definition) is 6. The average Bonchev–Trinajstić information content (AvgIpc) is 3.18. The van der Waals surface area contributed by atoms with Crippen LogP contribution in [-0.4, -0.2) is 38.2 Å². The highest BCUT2D eigenvalue weighted by molar-refractivity contribution is 5.90. The van der Waals surface area contributed by atoms with Crippen molar-refractivity contribution in [1.29, 1.82) is 0 Å². The monoisotopic (exact) mass is 316 g/mol. The van der Waals surface area contributed by atoms with Crippen LogP contribution >= 0.6 is 0 Å². The number of rotatable bonds is 4. The predicted molar refractivity (Wildman–Crippen MR) is 84.4 cm³/mol. The Labute approximate surface area is 134 Å². The van der Waals surface area contributed by atoms with E-state index in [4.69, 9.17) is 9.47 Å². The lowest BCUT2D eigenvalue weighted by molar-refractivity contribution is -0.157. The molecule has 4 atom stereocenters. The van der Waals surface area contributed by atoms with Gasteiger partial charge in [-0.1, -0.05) is 6.08 Å². The van der Waals surface area contributed by atoms with Gasteiger partial charge in [0, 0.05) is 30.7 Å². The Morgan fingerprint density at radius 2 is 1.91 bits per heavy atom. The number of aromatic nitrogens is 1. The van der Waals surface area contributed by atoms with E-state index < -0.39 is 11.8 Å². The molecular formula is C17H20N2O4. The molecule has 6 nitrogen and oxygen atoms in total. The number of nitrogens with zero attached hydrogens (tertiary/aromatic N) is 1. The molecule has 2 aliphatic carbocycles. The third-order valence-electron chi connectivity index (χ3n) is 4.95. The molecule has 1 fully saturated rings. The quantitative estimate of drug-likeness (QED) is 0.853. The number of hydrogen-bond donors (Lipinski definition) is 1. The number of ether oxygens (including phenoxy) is 2. The molecule has 2 unspecified atom stereocenters. The molecule has 1 heterocycles. The van der Waals surface area contributed by atoms with Crippen molar-refractivity contribution >= 4 is 23.2 Å². The van der Waals surface area contributed by atoms with E-state index in [-0.39, 0.29) is 23.8 Å². The van der Waals surface area contributed by atoms with E-state index in [2.05, 4.69) is 16.4 Å². The minimum atomic E-state index is -0.498. The summed E-state index contributed by atoms with van der Waals surface area (Å²) in [6.45, 7) is 0. The highest BCUT2D eigenvalue weighted by Gasteiger charge is 2.56. The third-order valence-corrected chi connectivity index (χ3v) is 4.95. The molecule has 0 aliphatic heterocycles. The van der Waals surface area contributed by atoms with Gasteiger partial charge < -0.3 is 14.8 Å². The van der Waals surface area contributed by atoms with Crippen LogP contribution in [0.25, 0.3) is 5.57 Å². The minimum absolute atomic E-state index is 0.00328. The predicted octanol–water partition coefficient (Wildman–Crippen LogP) is 1.73. The lowest BCUT2D eigenvalue weighted by atomic mass is 9.77. The number of allylic oxidation sites excluding steroid dienone is 2. The normalized spacial score (nSPS) is 28.2. The second-order valence-corrected chi connectivity index (χ2v) is 5.90. The Kier molecular flexibility index (Phi) is 4.07. The van der Waals surface area contributed by atoms with Crippen LogP contribution < -0.4 is 5.32 Å². The first-order valence-corrected chi connectivity index (χ1v) is 7.61. The van der Waals surface area contributed by atoms with E-state index in [1.807, 2.05) is 13.1 Å². The summed E-state index contributed by atoms with van der Waals surface area (Å²) in [7, 11) is 4.56. The summed E-state index contributed by atoms with van der Waals surface area (Å²) in [6.07, 6.45) is 6.36. The Balaban J connectivity index is 2.02. The summed E-state index contributed by atoms with van der Waals surface area (Å²) < 4.78 is 9.84. The zero-order chi connectivity index (χ0) is 16.6. The lowest BCUT2D eigenvalue weighted by Gasteiger charge is -2.28. The summed E-state index contributed by atoms with van der Waals surface area (Å²) in [5.74, 6) is -1.71. The summed E-state index contributed by atoms with van der Waals surface area (Å²) in [5, 5.41) is 3.15. The molecule has 1 aromatic heterocycles. The van der Waals surface area contributed by atoms with Crippen LogP contribution in [0.5, 0.6) is 0 Å². The van der Waals surface area contributed by atoms with Gasteiger partial charge in [0.15, 0.2) is 0 Å². The number of esters is 2. The van der Waals surface area contributed by atoms with Gasteiger partial charge in [-0.3, -0.25) is 14.6 Å². The molecule has 2 aliphatic rings. The van der Waals surface area contributed by atoms with Gasteiger partial charge in [-0.25, -0.2) is 0 Å². The fourth-order valence-electron chi connectivity index (χ4n) is 3.99. The standard InChI is InChI=1S/C17H20N2O4/c1-18-13-4-5-19-8-12(13)10-6-9-7-11(10)15(17(21)23-3)14(9)16(20)22-2/h4-6,8-9,11,14-15H,7H2,1-3H3,(H,18,19)/t9?,11?,14-,15+/m1/s1. The van der Waals surface area contributed by atoms with Crippen molar-refractivity contribution in [3.8, 4) is 0 Å². The Bertz CT molecular complexity index is 670. The molecule has 1 N–H and O–H groups in total. The van der Waals surface area contributed by atoms with Crippen molar-refractivity contribution in [2.75, 3.05) is 26.6 Å². The van der Waals surface area contributed by atoms with Crippen LogP contribution in [0.15, 0.2) is 24.5 Å². The van der Waals surface area contributed by atoms with Crippen LogP contribution in [0.4, 0.5) is 5.69 Å². The summed E-state index contributed by atoms with van der Waals surface area (Å²) in [5.41, 5.74) is 2.99. The van der Waals surface area contributed by atoms with Gasteiger partial charge in [-0.15, -0.1) is 0 Å². The number of carbonyl (C=O) groups is 2. The van der Waals surface area contributed by atoms with Gasteiger partial charge in [0.1, 0.15) is 0 Å². The number of anilines is 1. The Hall–Kier alpha value is -2.37. The number of nitrogens with one attached hydrogen (secondary N) is 1. The van der Waals surface area contributed by atoms with E-state index in [1.54, 1.807) is 12.4 Å². The highest BCUT2D eigenvalue weighted by Crippen LogP contribution is 2.56. The molecule has 0 radical (unpaired) electrons. The van der Waals surface area contributed by atoms with Gasteiger partial charge in [-0.05, 0) is 29.9 Å². The fraction of sp³-hybridized carbons (Fsp3) is 0.471. The van der Waals surface area contributed by atoms with E-state index in [0.717, 1.165) is 23.2 Å². The summed E-state index contributed by atoms with van der Waals surface area (Å²) in [4.78, 5) is 28.6. The molecule has 6 heteroatoms.